The number of hydrogen-bond acceptors (Lipinski definition) is 9. The first-order valence-electron chi connectivity index (χ1n) is 9.60. The van der Waals surface area contributed by atoms with Gasteiger partial charge in [0.15, 0.2) is 11.5 Å². The molecule has 0 bridgehead atoms. The van der Waals surface area contributed by atoms with Crippen LogP contribution in [-0.2, 0) is 4.74 Å². The number of carbonyl (C=O) groups is 1. The van der Waals surface area contributed by atoms with Gasteiger partial charge in [0, 0.05) is 24.7 Å². The van der Waals surface area contributed by atoms with E-state index in [2.05, 4.69) is 0 Å². The summed E-state index contributed by atoms with van der Waals surface area (Å²) in [5.41, 5.74) is -0.973. The molecule has 168 valence electrons. The minimum absolute atomic E-state index is 0.0398. The molecule has 1 heterocycles. The summed E-state index contributed by atoms with van der Waals surface area (Å²) in [7, 11) is 0. The molecule has 32 heavy (non-hydrogen) atoms. The highest BCUT2D eigenvalue weighted by Gasteiger charge is 2.26. The molecule has 0 unspecified atom stereocenters. The van der Waals surface area contributed by atoms with Crippen LogP contribution in [0.5, 0.6) is 11.5 Å². The number of ether oxygens (including phenoxy) is 3. The van der Waals surface area contributed by atoms with Crippen molar-refractivity contribution in [2.75, 3.05) is 32.9 Å². The summed E-state index contributed by atoms with van der Waals surface area (Å²) in [5, 5.41) is 22.2. The molecular formula is C20H19N3O8S. The normalized spacial score (nSPS) is 13.3. The molecule has 3 rings (SSSR count). The Morgan fingerprint density at radius 1 is 1.09 bits per heavy atom. The van der Waals surface area contributed by atoms with Gasteiger partial charge in [0.25, 0.3) is 11.4 Å². The summed E-state index contributed by atoms with van der Waals surface area (Å²) in [6, 6.07) is 7.48. The highest BCUT2D eigenvalue weighted by molar-refractivity contribution is 7.80. The fraction of sp³-hybridized carbons (Fsp3) is 0.300. The number of nitrogens with zero attached hydrogens (tertiary/aromatic N) is 3. The Bertz CT molecular complexity index is 1070. The van der Waals surface area contributed by atoms with Gasteiger partial charge in [-0.1, -0.05) is 12.2 Å². The third-order valence-electron chi connectivity index (χ3n) is 4.60. The zero-order valence-electron chi connectivity index (χ0n) is 17.0. The molecule has 1 aliphatic heterocycles. The standard InChI is InChI=1S/C20H19N3O8S/c1-2-30-18-11-13(19(32)21-7-9-29-10-8-21)3-6-17(18)31-20(24)15-5-4-14(22(25)26)12-16(15)23(27)28/h3-6,11-12H,2,7-10H2,1H3. The third kappa shape index (κ3) is 5.15. The molecule has 2 aromatic carbocycles. The van der Waals surface area contributed by atoms with E-state index >= 15 is 0 Å². The molecule has 1 fully saturated rings. The molecule has 0 N–H and O–H groups in total. The zero-order chi connectivity index (χ0) is 23.3. The first kappa shape index (κ1) is 23.0. The lowest BCUT2D eigenvalue weighted by Crippen LogP contribution is -2.40. The molecule has 1 saturated heterocycles. The molecule has 0 atom stereocenters. The van der Waals surface area contributed by atoms with Gasteiger partial charge in [-0.25, -0.2) is 4.79 Å². The SMILES string of the molecule is CCOc1cc(C(=S)N2CCOCC2)ccc1OC(=O)c1ccc([N+](=O)[O-])cc1[N+](=O)[O-]. The lowest BCUT2D eigenvalue weighted by Gasteiger charge is -2.29. The predicted octanol–water partition coefficient (Wildman–Crippen LogP) is 3.13. The quantitative estimate of drug-likeness (QED) is 0.199. The molecule has 11 nitrogen and oxygen atoms in total. The van der Waals surface area contributed by atoms with Gasteiger partial charge in [0.2, 0.25) is 0 Å². The van der Waals surface area contributed by atoms with Crippen molar-refractivity contribution in [2.45, 2.75) is 6.92 Å². The van der Waals surface area contributed by atoms with E-state index < -0.39 is 32.8 Å². The monoisotopic (exact) mass is 461 g/mol. The van der Waals surface area contributed by atoms with Crippen LogP contribution < -0.4 is 9.47 Å². The Balaban J connectivity index is 1.88. The molecule has 2 aromatic rings. The second kappa shape index (κ2) is 10.1. The zero-order valence-corrected chi connectivity index (χ0v) is 17.8. The number of carbonyl (C=O) groups excluding carboxylic acids is 1. The number of morpholine rings is 1. The van der Waals surface area contributed by atoms with Crippen molar-refractivity contribution in [3.05, 3.63) is 67.8 Å². The molecule has 1 aliphatic rings. The maximum atomic E-state index is 12.6. The van der Waals surface area contributed by atoms with Gasteiger partial charge in [-0.15, -0.1) is 0 Å². The van der Waals surface area contributed by atoms with Crippen molar-refractivity contribution >= 4 is 34.6 Å². The highest BCUT2D eigenvalue weighted by Crippen LogP contribution is 2.32. The summed E-state index contributed by atoms with van der Waals surface area (Å²) < 4.78 is 16.2. The van der Waals surface area contributed by atoms with Crippen LogP contribution in [0.15, 0.2) is 36.4 Å². The Labute approximate surface area is 187 Å². The van der Waals surface area contributed by atoms with Crippen LogP contribution in [0.4, 0.5) is 11.4 Å². The number of esters is 1. The van der Waals surface area contributed by atoms with Crippen LogP contribution in [0.3, 0.4) is 0 Å². The minimum Gasteiger partial charge on any atom is -0.490 e. The molecule has 0 spiro atoms. The fourth-order valence-corrected chi connectivity index (χ4v) is 3.36. The predicted molar refractivity (Wildman–Crippen MR) is 116 cm³/mol. The minimum atomic E-state index is -1.05. The van der Waals surface area contributed by atoms with Crippen molar-refractivity contribution in [2.24, 2.45) is 0 Å². The maximum Gasteiger partial charge on any atom is 0.350 e. The molecule has 12 heteroatoms. The van der Waals surface area contributed by atoms with Gasteiger partial charge in [-0.2, -0.15) is 0 Å². The average molecular weight is 461 g/mol. The number of nitro benzene ring substituents is 2. The van der Waals surface area contributed by atoms with Gasteiger partial charge >= 0.3 is 5.97 Å². The number of rotatable bonds is 7. The van der Waals surface area contributed by atoms with E-state index in [1.165, 1.54) is 6.07 Å². The van der Waals surface area contributed by atoms with Crippen molar-refractivity contribution in [1.29, 1.82) is 0 Å². The van der Waals surface area contributed by atoms with Gasteiger partial charge < -0.3 is 19.1 Å². The molecule has 0 saturated carbocycles. The molecule has 0 radical (unpaired) electrons. The van der Waals surface area contributed by atoms with Crippen LogP contribution in [0.25, 0.3) is 0 Å². The van der Waals surface area contributed by atoms with E-state index in [4.69, 9.17) is 26.4 Å². The fourth-order valence-electron chi connectivity index (χ4n) is 3.05. The Morgan fingerprint density at radius 2 is 1.81 bits per heavy atom. The number of nitro groups is 2. The van der Waals surface area contributed by atoms with Crippen LogP contribution in [-0.4, -0.2) is 58.6 Å². The number of hydrogen-bond donors (Lipinski definition) is 0. The maximum absolute atomic E-state index is 12.6. The van der Waals surface area contributed by atoms with E-state index in [-0.39, 0.29) is 18.1 Å². The van der Waals surface area contributed by atoms with Crippen molar-refractivity contribution < 1.29 is 28.9 Å². The van der Waals surface area contributed by atoms with Crippen molar-refractivity contribution in [1.82, 2.24) is 4.90 Å². The summed E-state index contributed by atoms with van der Waals surface area (Å²) in [6.07, 6.45) is 0. The van der Waals surface area contributed by atoms with E-state index in [1.54, 1.807) is 19.1 Å². The summed E-state index contributed by atoms with van der Waals surface area (Å²) in [6.45, 7) is 4.48. The molecular weight excluding hydrogens is 442 g/mol. The smallest absolute Gasteiger partial charge is 0.350 e. The van der Waals surface area contributed by atoms with Gasteiger partial charge in [-0.3, -0.25) is 20.2 Å². The topological polar surface area (TPSA) is 134 Å². The molecule has 0 aliphatic carbocycles. The van der Waals surface area contributed by atoms with E-state index in [1.807, 2.05) is 4.90 Å². The van der Waals surface area contributed by atoms with Crippen LogP contribution in [0.2, 0.25) is 0 Å². The Morgan fingerprint density at radius 3 is 2.44 bits per heavy atom. The summed E-state index contributed by atoms with van der Waals surface area (Å²) >= 11 is 5.55. The molecule has 0 amide bonds. The average Bonchev–Trinajstić information content (AvgIpc) is 2.79. The third-order valence-corrected chi connectivity index (χ3v) is 5.09. The summed E-state index contributed by atoms with van der Waals surface area (Å²) in [4.78, 5) is 35.8. The highest BCUT2D eigenvalue weighted by atomic mass is 32.1. The van der Waals surface area contributed by atoms with E-state index in [0.717, 1.165) is 12.1 Å². The van der Waals surface area contributed by atoms with Crippen molar-refractivity contribution in [3.8, 4) is 11.5 Å². The van der Waals surface area contributed by atoms with Crippen LogP contribution in [0.1, 0.15) is 22.8 Å². The lowest BCUT2D eigenvalue weighted by atomic mass is 10.1. The van der Waals surface area contributed by atoms with Gasteiger partial charge in [-0.05, 0) is 31.2 Å². The number of benzene rings is 2. The van der Waals surface area contributed by atoms with Crippen LogP contribution in [0, 0.1) is 20.2 Å². The first-order chi connectivity index (χ1) is 15.3. The Hall–Kier alpha value is -3.64. The van der Waals surface area contributed by atoms with E-state index in [9.17, 15) is 25.0 Å². The Kier molecular flexibility index (Phi) is 7.28. The van der Waals surface area contributed by atoms with E-state index in [0.29, 0.717) is 42.9 Å². The number of non-ortho nitro benzene ring substituents is 1. The van der Waals surface area contributed by atoms with Crippen LogP contribution >= 0.6 is 12.2 Å². The van der Waals surface area contributed by atoms with Gasteiger partial charge in [0.05, 0.1) is 35.7 Å². The number of thiocarbonyl (C=S) groups is 1. The summed E-state index contributed by atoms with van der Waals surface area (Å²) in [5.74, 6) is -0.771. The second-order valence-corrected chi connectivity index (χ2v) is 6.99. The lowest BCUT2D eigenvalue weighted by molar-refractivity contribution is -0.394. The van der Waals surface area contributed by atoms with Gasteiger partial charge in [0.1, 0.15) is 10.6 Å². The largest absolute Gasteiger partial charge is 0.490 e. The first-order valence-corrected chi connectivity index (χ1v) is 10.0. The van der Waals surface area contributed by atoms with Crippen molar-refractivity contribution in [3.63, 3.8) is 0 Å². The second-order valence-electron chi connectivity index (χ2n) is 6.60. The molecule has 0 aromatic heterocycles.